The molecule has 0 saturated carbocycles. The third-order valence-corrected chi connectivity index (χ3v) is 3.90. The molecule has 0 aromatic heterocycles. The van der Waals surface area contributed by atoms with E-state index >= 15 is 0 Å². The van der Waals surface area contributed by atoms with E-state index in [0.29, 0.717) is 17.3 Å². The standard InChI is InChI=1S/C15H12ClN3S/c16-10-19-15(18)20-9-12-6-5-11-3-1-2-4-13(11)14(12)7-8-17/h1-6,10,18H,7,9H2/p+1. The second-order valence-corrected chi connectivity index (χ2v) is 5.30. The van der Waals surface area contributed by atoms with Gasteiger partial charge in [0.25, 0.3) is 5.67 Å². The molecule has 0 atom stereocenters. The fourth-order valence-electron chi connectivity index (χ4n) is 2.04. The van der Waals surface area contributed by atoms with Crippen molar-refractivity contribution in [3.05, 3.63) is 47.5 Å². The molecule has 2 N–H and O–H groups in total. The van der Waals surface area contributed by atoms with Crippen molar-refractivity contribution in [1.82, 2.24) is 4.67 Å². The number of hydrogen-bond acceptors (Lipinski definition) is 2. The third-order valence-electron chi connectivity index (χ3n) is 2.95. The van der Waals surface area contributed by atoms with Crippen LogP contribution in [-0.4, -0.2) is 10.8 Å². The van der Waals surface area contributed by atoms with Crippen molar-refractivity contribution in [1.29, 1.82) is 5.26 Å². The fraction of sp³-hybridized carbons (Fsp3) is 0.133. The Kier molecular flexibility index (Phi) is 5.09. The molecular weight excluding hydrogens is 290 g/mol. The van der Waals surface area contributed by atoms with E-state index in [2.05, 4.69) is 16.8 Å². The first-order valence-corrected chi connectivity index (χ1v) is 7.43. The number of thioether (sulfide) groups is 1. The van der Waals surface area contributed by atoms with Gasteiger partial charge >= 0.3 is 5.17 Å². The van der Waals surface area contributed by atoms with Crippen molar-refractivity contribution in [3.8, 4) is 6.07 Å². The van der Waals surface area contributed by atoms with E-state index in [-0.39, 0.29) is 0 Å². The molecule has 20 heavy (non-hydrogen) atoms. The summed E-state index contributed by atoms with van der Waals surface area (Å²) >= 11 is 6.79. The van der Waals surface area contributed by atoms with Gasteiger partial charge in [0, 0.05) is 5.75 Å². The first kappa shape index (κ1) is 14.5. The van der Waals surface area contributed by atoms with Gasteiger partial charge in [-0.15, -0.1) is 0 Å². The van der Waals surface area contributed by atoms with Crippen LogP contribution in [0.1, 0.15) is 11.1 Å². The number of fused-ring (bicyclic) bond motifs is 1. The monoisotopic (exact) mass is 302 g/mol. The van der Waals surface area contributed by atoms with Crippen LogP contribution in [0.5, 0.6) is 0 Å². The first-order chi connectivity index (χ1) is 9.76. The number of nitriles is 1. The number of nitrogens with two attached hydrogens (primary N) is 1. The van der Waals surface area contributed by atoms with E-state index in [4.69, 9.17) is 22.6 Å². The summed E-state index contributed by atoms with van der Waals surface area (Å²) in [4.78, 5) is 0. The number of halogens is 1. The van der Waals surface area contributed by atoms with Gasteiger partial charge in [-0.05, 0) is 45.3 Å². The summed E-state index contributed by atoms with van der Waals surface area (Å²) in [5.41, 5.74) is 9.01. The Bertz CT molecular complexity index is 727. The minimum Gasteiger partial charge on any atom is -0.267 e. The summed E-state index contributed by atoms with van der Waals surface area (Å²) < 4.78 is 3.81. The predicted molar refractivity (Wildman–Crippen MR) is 87.8 cm³/mol. The SMILES string of the molecule is N#CCc1c(CSC(N)=[N+]=CCl)ccc2ccccc12. The van der Waals surface area contributed by atoms with E-state index in [1.165, 1.54) is 11.8 Å². The number of amidine groups is 1. The van der Waals surface area contributed by atoms with Crippen LogP contribution in [0.15, 0.2) is 36.4 Å². The number of benzene rings is 2. The Morgan fingerprint density at radius 1 is 1.35 bits per heavy atom. The molecule has 0 unspecified atom stereocenters. The summed E-state index contributed by atoms with van der Waals surface area (Å²) in [6, 6.07) is 14.4. The maximum absolute atomic E-state index is 9.04. The quantitative estimate of drug-likeness (QED) is 0.539. The van der Waals surface area contributed by atoms with Crippen LogP contribution in [0.25, 0.3) is 10.8 Å². The normalized spacial score (nSPS) is 9.80. The average molecular weight is 303 g/mol. The zero-order chi connectivity index (χ0) is 14.4. The lowest BCUT2D eigenvalue weighted by Crippen LogP contribution is -2.10. The molecule has 0 aliphatic heterocycles. The zero-order valence-corrected chi connectivity index (χ0v) is 12.3. The smallest absolute Gasteiger partial charge is 0.267 e. The third kappa shape index (κ3) is 3.34. The summed E-state index contributed by atoms with van der Waals surface area (Å²) in [6.45, 7) is 0. The Morgan fingerprint density at radius 2 is 2.15 bits per heavy atom. The van der Waals surface area contributed by atoms with Gasteiger partial charge in [0.15, 0.2) is 0 Å². The topological polar surface area (TPSA) is 63.9 Å². The molecule has 2 aromatic carbocycles. The van der Waals surface area contributed by atoms with Crippen molar-refractivity contribution in [2.75, 3.05) is 0 Å². The highest BCUT2D eigenvalue weighted by Crippen LogP contribution is 2.25. The molecule has 0 fully saturated rings. The summed E-state index contributed by atoms with van der Waals surface area (Å²) in [7, 11) is 0. The van der Waals surface area contributed by atoms with E-state index in [1.807, 2.05) is 30.3 Å². The van der Waals surface area contributed by atoms with Crippen LogP contribution in [0.2, 0.25) is 0 Å². The molecule has 0 amide bonds. The molecular formula is C15H13ClN3S+. The Balaban J connectivity index is 2.40. The van der Waals surface area contributed by atoms with E-state index in [1.54, 1.807) is 0 Å². The van der Waals surface area contributed by atoms with E-state index in [9.17, 15) is 0 Å². The lowest BCUT2D eigenvalue weighted by Gasteiger charge is -2.09. The van der Waals surface area contributed by atoms with Gasteiger partial charge in [-0.1, -0.05) is 36.4 Å². The highest BCUT2D eigenvalue weighted by atomic mass is 35.5. The van der Waals surface area contributed by atoms with Gasteiger partial charge in [-0.2, -0.15) is 9.93 Å². The number of nitrogens with zero attached hydrogens (tertiary/aromatic N) is 2. The highest BCUT2D eigenvalue weighted by Gasteiger charge is 2.10. The minimum atomic E-state index is 0.385. The van der Waals surface area contributed by atoms with Gasteiger partial charge in [-0.3, -0.25) is 5.73 Å². The van der Waals surface area contributed by atoms with Gasteiger partial charge < -0.3 is 0 Å². The largest absolute Gasteiger partial charge is 0.403 e. The van der Waals surface area contributed by atoms with Gasteiger partial charge in [0.05, 0.1) is 12.5 Å². The second kappa shape index (κ2) is 7.02. The Labute approximate surface area is 126 Å². The Morgan fingerprint density at radius 3 is 2.90 bits per heavy atom. The molecule has 0 aliphatic rings. The molecule has 0 saturated heterocycles. The molecule has 3 nitrogen and oxygen atoms in total. The summed E-state index contributed by atoms with van der Waals surface area (Å²) in [5.74, 6) is 0.669. The number of hydrogen-bond donors (Lipinski definition) is 1. The maximum Gasteiger partial charge on any atom is 0.403 e. The van der Waals surface area contributed by atoms with Gasteiger partial charge in [0.1, 0.15) is 0 Å². The second-order valence-electron chi connectivity index (χ2n) is 4.11. The lowest BCUT2D eigenvalue weighted by atomic mass is 9.98. The predicted octanol–water partition coefficient (Wildman–Crippen LogP) is 2.79. The van der Waals surface area contributed by atoms with E-state index < -0.39 is 0 Å². The van der Waals surface area contributed by atoms with Crippen molar-refractivity contribution < 1.29 is 0 Å². The summed E-state index contributed by atoms with van der Waals surface area (Å²) in [5, 5.41) is 11.7. The maximum atomic E-state index is 9.04. The molecule has 2 rings (SSSR count). The van der Waals surface area contributed by atoms with Crippen LogP contribution < -0.4 is 10.4 Å². The molecule has 0 spiro atoms. The van der Waals surface area contributed by atoms with Crippen LogP contribution in [-0.2, 0) is 12.2 Å². The Hall–Kier alpha value is -1.92. The van der Waals surface area contributed by atoms with Gasteiger partial charge in [-0.25, -0.2) is 0 Å². The number of rotatable bonds is 3. The van der Waals surface area contributed by atoms with E-state index in [0.717, 1.165) is 27.6 Å². The van der Waals surface area contributed by atoms with Crippen LogP contribution >= 0.6 is 23.4 Å². The van der Waals surface area contributed by atoms with Crippen LogP contribution in [0.3, 0.4) is 0 Å². The van der Waals surface area contributed by atoms with Crippen LogP contribution in [0, 0.1) is 11.3 Å². The lowest BCUT2D eigenvalue weighted by molar-refractivity contribution is 1.23. The summed E-state index contributed by atoms with van der Waals surface area (Å²) in [6.07, 6.45) is 0.385. The van der Waals surface area contributed by atoms with Crippen LogP contribution in [0.4, 0.5) is 0 Å². The average Bonchev–Trinajstić information content (AvgIpc) is 2.47. The molecule has 100 valence electrons. The van der Waals surface area contributed by atoms with Crippen molar-refractivity contribution >= 4 is 45.0 Å². The molecule has 5 heteroatoms. The van der Waals surface area contributed by atoms with Crippen molar-refractivity contribution in [2.24, 2.45) is 5.73 Å². The minimum absolute atomic E-state index is 0.385. The molecule has 0 radical (unpaired) electrons. The fourth-order valence-corrected chi connectivity index (χ4v) is 2.91. The zero-order valence-electron chi connectivity index (χ0n) is 10.7. The highest BCUT2D eigenvalue weighted by molar-refractivity contribution is 8.13. The molecule has 0 bridgehead atoms. The molecule has 2 aromatic rings. The van der Waals surface area contributed by atoms with Crippen molar-refractivity contribution in [3.63, 3.8) is 0 Å². The molecule has 0 aliphatic carbocycles. The van der Waals surface area contributed by atoms with Gasteiger partial charge in [0.2, 0.25) is 0 Å². The molecule has 0 heterocycles. The first-order valence-electron chi connectivity index (χ1n) is 6.00. The van der Waals surface area contributed by atoms with Crippen molar-refractivity contribution in [2.45, 2.75) is 12.2 Å².